The highest BCUT2D eigenvalue weighted by molar-refractivity contribution is 7.80. The average Bonchev–Trinajstić information content (AvgIpc) is 2.92. The van der Waals surface area contributed by atoms with Gasteiger partial charge in [-0.3, -0.25) is 0 Å². The minimum Gasteiger partial charge on any atom is -0.342 e. The highest BCUT2D eigenvalue weighted by Gasteiger charge is 2.45. The second-order valence-corrected chi connectivity index (χ2v) is 7.71. The van der Waals surface area contributed by atoms with Crippen LogP contribution in [0, 0.1) is 6.92 Å². The van der Waals surface area contributed by atoms with Crippen LogP contribution in [0.2, 0.25) is 0 Å². The number of para-hydroxylation sites is 1. The Bertz CT molecular complexity index is 1010. The van der Waals surface area contributed by atoms with E-state index in [0.29, 0.717) is 5.11 Å². The lowest BCUT2D eigenvalue weighted by molar-refractivity contribution is 0.626. The third kappa shape index (κ3) is 3.56. The topological polar surface area (TPSA) is 27.6 Å². The fraction of sp³-hybridized carbons (Fsp3) is 0.167. The molecule has 0 unspecified atom stereocenters. The summed E-state index contributed by atoms with van der Waals surface area (Å²) in [7, 11) is 0. The van der Waals surface area contributed by atoms with E-state index in [0.717, 1.165) is 23.6 Å². The lowest BCUT2D eigenvalue weighted by atomic mass is 9.89. The minimum atomic E-state index is -0.413. The lowest BCUT2D eigenvalue weighted by Crippen LogP contribution is -2.53. The normalized spacial score (nSPS) is 18.9. The zero-order chi connectivity index (χ0) is 19.6. The third-order valence-electron chi connectivity index (χ3n) is 5.09. The van der Waals surface area contributed by atoms with Crippen molar-refractivity contribution in [2.45, 2.75) is 25.8 Å². The molecule has 3 aromatic rings. The number of nitrogens with one attached hydrogen (secondary N) is 1. The van der Waals surface area contributed by atoms with E-state index in [-0.39, 0.29) is 0 Å². The number of nitrogens with zero attached hydrogens (tertiary/aromatic N) is 2. The third-order valence-corrected chi connectivity index (χ3v) is 5.36. The maximum Gasteiger partial charge on any atom is 0.202 e. The Morgan fingerprint density at radius 2 is 1.61 bits per heavy atom. The molecular weight excluding hydrogens is 362 g/mol. The number of benzene rings is 3. The van der Waals surface area contributed by atoms with Crippen molar-refractivity contribution >= 4 is 34.5 Å². The summed E-state index contributed by atoms with van der Waals surface area (Å²) in [4.78, 5) is 6.94. The van der Waals surface area contributed by atoms with Gasteiger partial charge in [-0.25, -0.2) is 4.99 Å². The first-order chi connectivity index (χ1) is 13.6. The van der Waals surface area contributed by atoms with Crippen LogP contribution in [0.4, 0.5) is 11.4 Å². The van der Waals surface area contributed by atoms with Crippen molar-refractivity contribution < 1.29 is 0 Å². The van der Waals surface area contributed by atoms with Gasteiger partial charge < -0.3 is 10.2 Å². The SMILES string of the molecule is Cc1cccc(NC2=NC(=S)N(c3ccccc3)[C@@]2(C)Cc2ccccc2)c1. The standard InChI is InChI=1S/C24H23N3S/c1-18-10-9-13-20(16-18)25-22-24(2,17-19-11-5-3-6-12-19)27(23(28)26-22)21-14-7-4-8-15-21/h3-16H,17H2,1-2H3,(H,25,26,28)/t24-/m0/s1. The molecule has 3 aromatic carbocycles. The lowest BCUT2D eigenvalue weighted by Gasteiger charge is -2.37. The van der Waals surface area contributed by atoms with Crippen LogP contribution in [0.15, 0.2) is 89.9 Å². The van der Waals surface area contributed by atoms with Crippen LogP contribution < -0.4 is 10.2 Å². The summed E-state index contributed by atoms with van der Waals surface area (Å²) in [5.74, 6) is 0.871. The quantitative estimate of drug-likeness (QED) is 0.591. The van der Waals surface area contributed by atoms with Crippen LogP contribution in [-0.4, -0.2) is 16.5 Å². The van der Waals surface area contributed by atoms with Crippen LogP contribution in [0.3, 0.4) is 0 Å². The van der Waals surface area contributed by atoms with E-state index in [2.05, 4.69) is 84.7 Å². The maximum absolute atomic E-state index is 5.71. The van der Waals surface area contributed by atoms with E-state index in [1.54, 1.807) is 0 Å². The minimum absolute atomic E-state index is 0.413. The van der Waals surface area contributed by atoms with Crippen LogP contribution in [0.25, 0.3) is 0 Å². The summed E-state index contributed by atoms with van der Waals surface area (Å²) in [6.07, 6.45) is 0.792. The van der Waals surface area contributed by atoms with Crippen molar-refractivity contribution in [3.05, 3.63) is 96.1 Å². The van der Waals surface area contributed by atoms with Gasteiger partial charge in [0.15, 0.2) is 0 Å². The van der Waals surface area contributed by atoms with Crippen molar-refractivity contribution in [1.29, 1.82) is 0 Å². The zero-order valence-corrected chi connectivity index (χ0v) is 16.9. The van der Waals surface area contributed by atoms with Crippen molar-refractivity contribution in [3.63, 3.8) is 0 Å². The van der Waals surface area contributed by atoms with E-state index in [9.17, 15) is 0 Å². The number of amidine groups is 1. The first-order valence-corrected chi connectivity index (χ1v) is 9.83. The molecule has 0 aliphatic carbocycles. The van der Waals surface area contributed by atoms with Gasteiger partial charge >= 0.3 is 0 Å². The molecule has 28 heavy (non-hydrogen) atoms. The Balaban J connectivity index is 1.75. The van der Waals surface area contributed by atoms with Gasteiger partial charge in [0.1, 0.15) is 11.4 Å². The molecule has 0 amide bonds. The average molecular weight is 386 g/mol. The Hall–Kier alpha value is -2.98. The summed E-state index contributed by atoms with van der Waals surface area (Å²) in [6, 6.07) is 29.1. The number of hydrogen-bond acceptors (Lipinski definition) is 2. The molecule has 1 atom stereocenters. The molecule has 1 aliphatic rings. The molecule has 0 bridgehead atoms. The fourth-order valence-corrected chi connectivity index (χ4v) is 4.13. The molecule has 4 heteroatoms. The van der Waals surface area contributed by atoms with Crippen molar-refractivity contribution in [1.82, 2.24) is 0 Å². The fourth-order valence-electron chi connectivity index (χ4n) is 3.73. The highest BCUT2D eigenvalue weighted by Crippen LogP contribution is 2.34. The molecule has 0 fully saturated rings. The Labute approximate surface area is 171 Å². The van der Waals surface area contributed by atoms with Gasteiger partial charge in [-0.1, -0.05) is 60.7 Å². The smallest absolute Gasteiger partial charge is 0.202 e. The van der Waals surface area contributed by atoms with E-state index >= 15 is 0 Å². The number of rotatable bonds is 4. The summed E-state index contributed by atoms with van der Waals surface area (Å²) in [5, 5.41) is 4.13. The van der Waals surface area contributed by atoms with Gasteiger partial charge in [0.2, 0.25) is 5.11 Å². The monoisotopic (exact) mass is 385 g/mol. The molecule has 0 saturated heterocycles. The van der Waals surface area contributed by atoms with Gasteiger partial charge in [-0.15, -0.1) is 0 Å². The largest absolute Gasteiger partial charge is 0.342 e. The molecule has 0 spiro atoms. The summed E-state index contributed by atoms with van der Waals surface area (Å²) < 4.78 is 0. The van der Waals surface area contributed by atoms with Crippen LogP contribution in [0.5, 0.6) is 0 Å². The molecule has 1 N–H and O–H groups in total. The maximum atomic E-state index is 5.71. The van der Waals surface area contributed by atoms with Crippen LogP contribution in [0.1, 0.15) is 18.1 Å². The van der Waals surface area contributed by atoms with Crippen LogP contribution in [-0.2, 0) is 6.42 Å². The molecule has 4 rings (SSSR count). The number of aryl methyl sites for hydroxylation is 1. The Kier molecular flexibility index (Phi) is 4.97. The second-order valence-electron chi connectivity index (χ2n) is 7.34. The molecule has 1 aliphatic heterocycles. The van der Waals surface area contributed by atoms with E-state index in [4.69, 9.17) is 17.2 Å². The van der Waals surface area contributed by atoms with Crippen LogP contribution >= 0.6 is 12.2 Å². The van der Waals surface area contributed by atoms with Crippen molar-refractivity contribution in [3.8, 4) is 0 Å². The molecule has 0 aromatic heterocycles. The van der Waals surface area contributed by atoms with Gasteiger partial charge in [-0.2, -0.15) is 0 Å². The molecule has 1 heterocycles. The highest BCUT2D eigenvalue weighted by atomic mass is 32.1. The van der Waals surface area contributed by atoms with Gasteiger partial charge in [-0.05, 0) is 61.5 Å². The summed E-state index contributed by atoms with van der Waals surface area (Å²) >= 11 is 5.71. The van der Waals surface area contributed by atoms with E-state index in [1.807, 2.05) is 24.3 Å². The molecule has 140 valence electrons. The van der Waals surface area contributed by atoms with Gasteiger partial charge in [0, 0.05) is 17.8 Å². The van der Waals surface area contributed by atoms with E-state index < -0.39 is 5.54 Å². The first kappa shape index (κ1) is 18.4. The molecule has 3 nitrogen and oxygen atoms in total. The number of aliphatic imine (C=N–C) groups is 1. The number of hydrogen-bond donors (Lipinski definition) is 1. The Morgan fingerprint density at radius 3 is 2.29 bits per heavy atom. The predicted molar refractivity (Wildman–Crippen MR) is 122 cm³/mol. The zero-order valence-electron chi connectivity index (χ0n) is 16.1. The van der Waals surface area contributed by atoms with Crippen molar-refractivity contribution in [2.75, 3.05) is 10.2 Å². The molecular formula is C24H23N3S. The number of thiocarbonyl (C=S) groups is 1. The second kappa shape index (κ2) is 7.56. The first-order valence-electron chi connectivity index (χ1n) is 9.42. The van der Waals surface area contributed by atoms with Crippen molar-refractivity contribution in [2.24, 2.45) is 4.99 Å². The number of anilines is 2. The summed E-state index contributed by atoms with van der Waals surface area (Å²) in [6.45, 7) is 4.29. The van der Waals surface area contributed by atoms with Gasteiger partial charge in [0.05, 0.1) is 0 Å². The summed E-state index contributed by atoms with van der Waals surface area (Å²) in [5.41, 5.74) is 4.11. The molecule has 0 radical (unpaired) electrons. The molecule has 0 saturated carbocycles. The van der Waals surface area contributed by atoms with Gasteiger partial charge in [0.25, 0.3) is 0 Å². The van der Waals surface area contributed by atoms with E-state index in [1.165, 1.54) is 11.1 Å². The Morgan fingerprint density at radius 1 is 0.929 bits per heavy atom. The predicted octanol–water partition coefficient (Wildman–Crippen LogP) is 5.61.